The highest BCUT2D eigenvalue weighted by atomic mass is 16.3. The zero-order valence-electron chi connectivity index (χ0n) is 15.7. The van der Waals surface area contributed by atoms with Gasteiger partial charge in [0.05, 0.1) is 17.9 Å². The Morgan fingerprint density at radius 1 is 0.750 bits per heavy atom. The van der Waals surface area contributed by atoms with Crippen molar-refractivity contribution in [2.24, 2.45) is 0 Å². The van der Waals surface area contributed by atoms with Crippen molar-refractivity contribution in [1.82, 2.24) is 9.78 Å². The van der Waals surface area contributed by atoms with Crippen molar-refractivity contribution in [2.75, 3.05) is 0 Å². The number of phenols is 2. The van der Waals surface area contributed by atoms with Crippen LogP contribution in [0.15, 0.2) is 78.9 Å². The van der Waals surface area contributed by atoms with Gasteiger partial charge in [-0.1, -0.05) is 37.3 Å². The van der Waals surface area contributed by atoms with Crippen LogP contribution >= 0.6 is 0 Å². The Kier molecular flexibility index (Phi) is 4.85. The molecule has 1 heterocycles. The molecule has 0 unspecified atom stereocenters. The summed E-state index contributed by atoms with van der Waals surface area (Å²) in [5, 5.41) is 24.3. The third-order valence-electron chi connectivity index (χ3n) is 4.86. The standard InChI is InChI=1S/C24H22N2O2/c1-2-22-23(18-8-12-20(27)13-9-18)25-26(16-17-6-4-3-5-7-17)24(22)19-10-14-21(28)15-11-19/h3-15,27-28H,2,16H2,1H3. The molecule has 28 heavy (non-hydrogen) atoms. The smallest absolute Gasteiger partial charge is 0.115 e. The summed E-state index contributed by atoms with van der Waals surface area (Å²) in [5.74, 6) is 0.485. The van der Waals surface area contributed by atoms with Crippen molar-refractivity contribution < 1.29 is 10.2 Å². The lowest BCUT2D eigenvalue weighted by atomic mass is 9.99. The van der Waals surface area contributed by atoms with Gasteiger partial charge in [0.25, 0.3) is 0 Å². The van der Waals surface area contributed by atoms with Crippen molar-refractivity contribution in [1.29, 1.82) is 0 Å². The predicted octanol–water partition coefficient (Wildman–Crippen LogP) is 5.24. The molecule has 4 aromatic rings. The van der Waals surface area contributed by atoms with Gasteiger partial charge in [-0.3, -0.25) is 4.68 Å². The van der Waals surface area contributed by atoms with E-state index in [-0.39, 0.29) is 11.5 Å². The summed E-state index contributed by atoms with van der Waals surface area (Å²) in [4.78, 5) is 0. The topological polar surface area (TPSA) is 58.3 Å². The van der Waals surface area contributed by atoms with Crippen LogP contribution in [-0.4, -0.2) is 20.0 Å². The molecule has 0 saturated carbocycles. The number of aromatic hydroxyl groups is 2. The molecule has 0 radical (unpaired) electrons. The number of hydrogen-bond acceptors (Lipinski definition) is 3. The summed E-state index contributed by atoms with van der Waals surface area (Å²) in [6, 6.07) is 24.7. The second kappa shape index (κ2) is 7.61. The van der Waals surface area contributed by atoms with Crippen LogP contribution in [0.2, 0.25) is 0 Å². The van der Waals surface area contributed by atoms with E-state index in [4.69, 9.17) is 5.10 Å². The Morgan fingerprint density at radius 2 is 1.32 bits per heavy atom. The van der Waals surface area contributed by atoms with Gasteiger partial charge in [-0.25, -0.2) is 0 Å². The fourth-order valence-electron chi connectivity index (χ4n) is 3.50. The maximum absolute atomic E-state index is 9.70. The molecule has 4 heteroatoms. The van der Waals surface area contributed by atoms with Gasteiger partial charge >= 0.3 is 0 Å². The molecule has 0 amide bonds. The fraction of sp³-hybridized carbons (Fsp3) is 0.125. The molecule has 3 aromatic carbocycles. The summed E-state index contributed by atoms with van der Waals surface area (Å²) >= 11 is 0. The first-order valence-corrected chi connectivity index (χ1v) is 9.38. The summed E-state index contributed by atoms with van der Waals surface area (Å²) in [6.45, 7) is 2.78. The minimum atomic E-state index is 0.240. The molecular weight excluding hydrogens is 348 g/mol. The molecule has 2 N–H and O–H groups in total. The van der Waals surface area contributed by atoms with E-state index < -0.39 is 0 Å². The zero-order chi connectivity index (χ0) is 19.5. The van der Waals surface area contributed by atoms with Gasteiger partial charge in [0, 0.05) is 16.7 Å². The Hall–Kier alpha value is -3.53. The van der Waals surface area contributed by atoms with Crippen LogP contribution in [0.3, 0.4) is 0 Å². The van der Waals surface area contributed by atoms with E-state index in [1.807, 2.05) is 47.1 Å². The molecule has 140 valence electrons. The Labute approximate surface area is 164 Å². The molecular formula is C24H22N2O2. The van der Waals surface area contributed by atoms with Crippen LogP contribution in [-0.2, 0) is 13.0 Å². The van der Waals surface area contributed by atoms with E-state index in [1.54, 1.807) is 24.3 Å². The van der Waals surface area contributed by atoms with Crippen LogP contribution in [0.1, 0.15) is 18.1 Å². The van der Waals surface area contributed by atoms with Gasteiger partial charge in [0.1, 0.15) is 11.5 Å². The number of phenolic OH excluding ortho intramolecular Hbond substituents is 2. The molecule has 4 nitrogen and oxygen atoms in total. The maximum atomic E-state index is 9.70. The van der Waals surface area contributed by atoms with Crippen LogP contribution in [0.25, 0.3) is 22.5 Å². The molecule has 1 aromatic heterocycles. The first-order chi connectivity index (χ1) is 13.7. The van der Waals surface area contributed by atoms with E-state index >= 15 is 0 Å². The van der Waals surface area contributed by atoms with Gasteiger partial charge in [-0.15, -0.1) is 0 Å². The van der Waals surface area contributed by atoms with Crippen LogP contribution in [0.5, 0.6) is 11.5 Å². The molecule has 0 bridgehead atoms. The van der Waals surface area contributed by atoms with E-state index in [2.05, 4.69) is 19.1 Å². The minimum Gasteiger partial charge on any atom is -0.508 e. The van der Waals surface area contributed by atoms with E-state index in [9.17, 15) is 10.2 Å². The molecule has 0 aliphatic rings. The maximum Gasteiger partial charge on any atom is 0.115 e. The predicted molar refractivity (Wildman–Crippen MR) is 111 cm³/mol. The van der Waals surface area contributed by atoms with Crippen LogP contribution in [0.4, 0.5) is 0 Å². The third-order valence-corrected chi connectivity index (χ3v) is 4.86. The Balaban J connectivity index is 1.89. The van der Waals surface area contributed by atoms with E-state index in [0.29, 0.717) is 6.54 Å². The second-order valence-corrected chi connectivity index (χ2v) is 6.77. The summed E-state index contributed by atoms with van der Waals surface area (Å²) in [5.41, 5.74) is 6.28. The molecule has 0 fully saturated rings. The Bertz CT molecular complexity index is 1070. The minimum absolute atomic E-state index is 0.240. The zero-order valence-corrected chi connectivity index (χ0v) is 15.7. The van der Waals surface area contributed by atoms with E-state index in [0.717, 1.165) is 34.5 Å². The van der Waals surface area contributed by atoms with Crippen LogP contribution < -0.4 is 0 Å². The summed E-state index contributed by atoms with van der Waals surface area (Å²) < 4.78 is 2.03. The number of aromatic nitrogens is 2. The number of nitrogens with zero attached hydrogens (tertiary/aromatic N) is 2. The first kappa shape index (κ1) is 17.9. The molecule has 0 atom stereocenters. The quantitative estimate of drug-likeness (QED) is 0.505. The van der Waals surface area contributed by atoms with Gasteiger partial charge < -0.3 is 10.2 Å². The van der Waals surface area contributed by atoms with Gasteiger partial charge in [0.2, 0.25) is 0 Å². The largest absolute Gasteiger partial charge is 0.508 e. The average molecular weight is 370 g/mol. The number of hydrogen-bond donors (Lipinski definition) is 2. The highest BCUT2D eigenvalue weighted by Gasteiger charge is 2.19. The van der Waals surface area contributed by atoms with Crippen molar-refractivity contribution in [3.05, 3.63) is 90.0 Å². The summed E-state index contributed by atoms with van der Waals surface area (Å²) in [7, 11) is 0. The van der Waals surface area contributed by atoms with Crippen LogP contribution in [0, 0.1) is 0 Å². The first-order valence-electron chi connectivity index (χ1n) is 9.38. The monoisotopic (exact) mass is 370 g/mol. The highest BCUT2D eigenvalue weighted by molar-refractivity contribution is 5.75. The van der Waals surface area contributed by atoms with Crippen molar-refractivity contribution in [3.8, 4) is 34.0 Å². The summed E-state index contributed by atoms with van der Waals surface area (Å²) in [6.07, 6.45) is 0.821. The van der Waals surface area contributed by atoms with Gasteiger partial charge in [0.15, 0.2) is 0 Å². The van der Waals surface area contributed by atoms with Crippen molar-refractivity contribution in [2.45, 2.75) is 19.9 Å². The number of rotatable bonds is 5. The second-order valence-electron chi connectivity index (χ2n) is 6.77. The fourth-order valence-corrected chi connectivity index (χ4v) is 3.50. The molecule has 0 aliphatic carbocycles. The number of benzene rings is 3. The van der Waals surface area contributed by atoms with Crippen molar-refractivity contribution in [3.63, 3.8) is 0 Å². The SMILES string of the molecule is CCc1c(-c2ccc(O)cc2)nn(Cc2ccccc2)c1-c1ccc(O)cc1. The molecule has 0 saturated heterocycles. The third kappa shape index (κ3) is 3.49. The molecule has 0 spiro atoms. The molecule has 4 rings (SSSR count). The average Bonchev–Trinajstić information content (AvgIpc) is 3.08. The lowest BCUT2D eigenvalue weighted by Gasteiger charge is -2.10. The van der Waals surface area contributed by atoms with Gasteiger partial charge in [-0.05, 0) is 60.5 Å². The normalized spacial score (nSPS) is 10.9. The van der Waals surface area contributed by atoms with Gasteiger partial charge in [-0.2, -0.15) is 5.10 Å². The molecule has 0 aliphatic heterocycles. The lowest BCUT2D eigenvalue weighted by Crippen LogP contribution is -2.04. The van der Waals surface area contributed by atoms with E-state index in [1.165, 1.54) is 5.56 Å². The lowest BCUT2D eigenvalue weighted by molar-refractivity contribution is 0.475. The highest BCUT2D eigenvalue weighted by Crippen LogP contribution is 2.34. The van der Waals surface area contributed by atoms with Crippen molar-refractivity contribution >= 4 is 0 Å². The Morgan fingerprint density at radius 3 is 1.89 bits per heavy atom.